The molecule has 2 heterocycles. The highest BCUT2D eigenvalue weighted by Gasteiger charge is 2.50. The number of fused-ring (bicyclic) bond motifs is 2. The Morgan fingerprint density at radius 3 is 3.04 bits per heavy atom. The highest BCUT2D eigenvalue weighted by atomic mass is 32.2. The van der Waals surface area contributed by atoms with Gasteiger partial charge in [0.15, 0.2) is 0 Å². The minimum atomic E-state index is -3.72. The molecule has 1 N–H and O–H groups in total. The maximum absolute atomic E-state index is 13.0. The summed E-state index contributed by atoms with van der Waals surface area (Å²) in [6.45, 7) is 1.37. The topological polar surface area (TPSA) is 101 Å². The van der Waals surface area contributed by atoms with E-state index < -0.39 is 10.0 Å². The lowest BCUT2D eigenvalue weighted by molar-refractivity contribution is -0.142. The second-order valence-corrected chi connectivity index (χ2v) is 9.83. The molecule has 28 heavy (non-hydrogen) atoms. The standard InChI is InChI=1S/C18H24N4O4S2/c1-26-11-10-22-15-6-3-8-18(15,9-7-16(22)23)12-19-28(24,25)14-5-2-4-13-17(14)21-27-20-13/h2,4-5,15,19H,3,6-12H2,1H3/t15-,18+/m1/s1. The van der Waals surface area contributed by atoms with Gasteiger partial charge in [-0.25, -0.2) is 13.1 Å². The van der Waals surface area contributed by atoms with Crippen LogP contribution >= 0.6 is 11.7 Å². The molecule has 1 saturated heterocycles. The van der Waals surface area contributed by atoms with Gasteiger partial charge in [-0.3, -0.25) is 4.79 Å². The maximum Gasteiger partial charge on any atom is 0.242 e. The van der Waals surface area contributed by atoms with Gasteiger partial charge in [0.05, 0.1) is 18.3 Å². The number of carbonyl (C=O) groups excluding carboxylic acids is 1. The molecule has 8 nitrogen and oxygen atoms in total. The predicted molar refractivity (Wildman–Crippen MR) is 105 cm³/mol. The molecular formula is C18H24N4O4S2. The molecular weight excluding hydrogens is 400 g/mol. The van der Waals surface area contributed by atoms with Crippen LogP contribution in [0.1, 0.15) is 32.1 Å². The Morgan fingerprint density at radius 1 is 1.36 bits per heavy atom. The number of aromatic nitrogens is 2. The summed E-state index contributed by atoms with van der Waals surface area (Å²) in [7, 11) is -2.10. The van der Waals surface area contributed by atoms with Crippen LogP contribution in [0.15, 0.2) is 23.1 Å². The van der Waals surface area contributed by atoms with Gasteiger partial charge in [0, 0.05) is 38.1 Å². The van der Waals surface area contributed by atoms with Crippen LogP contribution in [0.4, 0.5) is 0 Å². The van der Waals surface area contributed by atoms with Crippen molar-refractivity contribution in [2.45, 2.75) is 43.0 Å². The third-order valence-corrected chi connectivity index (χ3v) is 8.06. The van der Waals surface area contributed by atoms with Gasteiger partial charge in [-0.05, 0) is 31.4 Å². The Kier molecular flexibility index (Phi) is 5.38. The Morgan fingerprint density at radius 2 is 2.21 bits per heavy atom. The van der Waals surface area contributed by atoms with E-state index in [2.05, 4.69) is 13.5 Å². The molecule has 1 saturated carbocycles. The summed E-state index contributed by atoms with van der Waals surface area (Å²) in [6.07, 6.45) is 3.98. The van der Waals surface area contributed by atoms with Crippen molar-refractivity contribution in [3.63, 3.8) is 0 Å². The van der Waals surface area contributed by atoms with Crippen molar-refractivity contribution in [1.82, 2.24) is 18.4 Å². The minimum absolute atomic E-state index is 0.0586. The third kappa shape index (κ3) is 3.42. The minimum Gasteiger partial charge on any atom is -0.383 e. The zero-order chi connectivity index (χ0) is 19.8. The molecule has 4 rings (SSSR count). The lowest BCUT2D eigenvalue weighted by Gasteiger charge is -2.46. The molecule has 2 aromatic rings. The second kappa shape index (κ2) is 7.66. The molecule has 1 aliphatic carbocycles. The fourth-order valence-electron chi connectivity index (χ4n) is 4.65. The average molecular weight is 425 g/mol. The molecule has 0 bridgehead atoms. The monoisotopic (exact) mass is 424 g/mol. The quantitative estimate of drug-likeness (QED) is 0.727. The van der Waals surface area contributed by atoms with Gasteiger partial charge < -0.3 is 9.64 Å². The molecule has 1 aromatic heterocycles. The van der Waals surface area contributed by atoms with Crippen LogP contribution < -0.4 is 4.72 Å². The number of hydrogen-bond donors (Lipinski definition) is 1. The van der Waals surface area contributed by atoms with E-state index in [9.17, 15) is 13.2 Å². The Balaban J connectivity index is 1.56. The van der Waals surface area contributed by atoms with Gasteiger partial charge in [0.2, 0.25) is 15.9 Å². The second-order valence-electron chi connectivity index (χ2n) is 7.56. The molecule has 1 amide bonds. The van der Waals surface area contributed by atoms with E-state index in [-0.39, 0.29) is 22.3 Å². The van der Waals surface area contributed by atoms with Crippen LogP contribution in [0, 0.1) is 5.41 Å². The summed E-state index contributed by atoms with van der Waals surface area (Å²) in [5.74, 6) is 0.140. The van der Waals surface area contributed by atoms with Crippen molar-refractivity contribution < 1.29 is 17.9 Å². The van der Waals surface area contributed by atoms with E-state index in [4.69, 9.17) is 4.74 Å². The van der Waals surface area contributed by atoms with Crippen LogP contribution in [-0.4, -0.2) is 60.8 Å². The summed E-state index contributed by atoms with van der Waals surface area (Å²) in [6, 6.07) is 5.05. The molecule has 0 radical (unpaired) electrons. The first-order valence-electron chi connectivity index (χ1n) is 9.46. The van der Waals surface area contributed by atoms with Crippen LogP contribution in [0.25, 0.3) is 11.0 Å². The molecule has 1 aliphatic heterocycles. The number of benzene rings is 1. The lowest BCUT2D eigenvalue weighted by Crippen LogP contribution is -2.56. The smallest absolute Gasteiger partial charge is 0.242 e. The van der Waals surface area contributed by atoms with E-state index in [1.165, 1.54) is 0 Å². The Labute approximate surface area is 168 Å². The highest BCUT2D eigenvalue weighted by molar-refractivity contribution is 7.89. The van der Waals surface area contributed by atoms with Crippen molar-refractivity contribution in [3.8, 4) is 0 Å². The maximum atomic E-state index is 13.0. The van der Waals surface area contributed by atoms with Crippen LogP contribution in [0.2, 0.25) is 0 Å². The molecule has 152 valence electrons. The molecule has 2 fully saturated rings. The fourth-order valence-corrected chi connectivity index (χ4v) is 6.55. The lowest BCUT2D eigenvalue weighted by atomic mass is 9.74. The first-order chi connectivity index (χ1) is 13.5. The first-order valence-corrected chi connectivity index (χ1v) is 11.7. The molecule has 2 atom stereocenters. The third-order valence-electron chi connectivity index (χ3n) is 6.08. The van der Waals surface area contributed by atoms with Gasteiger partial charge in [0.1, 0.15) is 15.9 Å². The number of nitrogens with one attached hydrogen (secondary N) is 1. The van der Waals surface area contributed by atoms with Gasteiger partial charge in [-0.15, -0.1) is 0 Å². The normalized spacial score (nSPS) is 25.4. The van der Waals surface area contributed by atoms with Crippen molar-refractivity contribution >= 4 is 38.7 Å². The van der Waals surface area contributed by atoms with Gasteiger partial charge in [0.25, 0.3) is 0 Å². The van der Waals surface area contributed by atoms with Gasteiger partial charge in [-0.2, -0.15) is 8.75 Å². The van der Waals surface area contributed by atoms with E-state index in [0.717, 1.165) is 31.0 Å². The molecule has 1 aromatic carbocycles. The summed E-state index contributed by atoms with van der Waals surface area (Å²) < 4.78 is 42.3. The van der Waals surface area contributed by atoms with Gasteiger partial charge in [-0.1, -0.05) is 12.5 Å². The summed E-state index contributed by atoms with van der Waals surface area (Å²) in [5.41, 5.74) is 0.767. The van der Waals surface area contributed by atoms with Crippen molar-refractivity contribution in [1.29, 1.82) is 0 Å². The van der Waals surface area contributed by atoms with Crippen LogP contribution in [-0.2, 0) is 19.6 Å². The number of likely N-dealkylation sites (tertiary alicyclic amines) is 1. The highest BCUT2D eigenvalue weighted by Crippen LogP contribution is 2.47. The average Bonchev–Trinajstić information content (AvgIpc) is 3.33. The Bertz CT molecular complexity index is 977. The Hall–Kier alpha value is -1.62. The number of amides is 1. The number of sulfonamides is 1. The van der Waals surface area contributed by atoms with Crippen molar-refractivity contribution in [3.05, 3.63) is 18.2 Å². The number of rotatable bonds is 7. The van der Waals surface area contributed by atoms with Crippen molar-refractivity contribution in [2.24, 2.45) is 5.41 Å². The van der Waals surface area contributed by atoms with E-state index in [1.807, 2.05) is 4.90 Å². The SMILES string of the molecule is COCCN1C(=O)CC[C@]2(CNS(=O)(=O)c3cccc4nsnc34)CCC[C@@H]12. The number of hydrogen-bond acceptors (Lipinski definition) is 7. The molecule has 10 heteroatoms. The number of carbonyl (C=O) groups is 1. The molecule has 0 spiro atoms. The zero-order valence-electron chi connectivity index (χ0n) is 15.8. The first kappa shape index (κ1) is 19.7. The number of ether oxygens (including phenoxy) is 1. The number of piperidine rings is 1. The number of nitrogens with zero attached hydrogens (tertiary/aromatic N) is 3. The molecule has 2 aliphatic rings. The van der Waals surface area contributed by atoms with E-state index in [0.29, 0.717) is 43.6 Å². The van der Waals surface area contributed by atoms with E-state index >= 15 is 0 Å². The van der Waals surface area contributed by atoms with E-state index in [1.54, 1.807) is 25.3 Å². The largest absolute Gasteiger partial charge is 0.383 e. The zero-order valence-corrected chi connectivity index (χ0v) is 17.4. The summed E-state index contributed by atoms with van der Waals surface area (Å²) in [5, 5.41) is 0. The molecule has 0 unspecified atom stereocenters. The van der Waals surface area contributed by atoms with Crippen molar-refractivity contribution in [2.75, 3.05) is 26.8 Å². The van der Waals surface area contributed by atoms with Crippen LogP contribution in [0.3, 0.4) is 0 Å². The number of methoxy groups -OCH3 is 1. The summed E-state index contributed by atoms with van der Waals surface area (Å²) in [4.78, 5) is 14.5. The van der Waals surface area contributed by atoms with Crippen LogP contribution in [0.5, 0.6) is 0 Å². The predicted octanol–water partition coefficient (Wildman–Crippen LogP) is 1.78. The van der Waals surface area contributed by atoms with Gasteiger partial charge >= 0.3 is 0 Å². The fraction of sp³-hybridized carbons (Fsp3) is 0.611. The summed E-state index contributed by atoms with van der Waals surface area (Å²) >= 11 is 1.00.